The second-order valence-electron chi connectivity index (χ2n) is 6.04. The molecule has 0 bridgehead atoms. The fourth-order valence-electron chi connectivity index (χ4n) is 2.50. The molecule has 3 rings (SSSR count). The minimum Gasteiger partial charge on any atom is -0.483 e. The summed E-state index contributed by atoms with van der Waals surface area (Å²) in [5.41, 5.74) is 0.654. The highest BCUT2D eigenvalue weighted by Gasteiger charge is 2.29. The van der Waals surface area contributed by atoms with Gasteiger partial charge in [-0.2, -0.15) is 18.4 Å². The third-order valence-electron chi connectivity index (χ3n) is 3.83. The van der Waals surface area contributed by atoms with Crippen molar-refractivity contribution in [3.05, 3.63) is 76.0 Å². The molecule has 154 valence electrons. The number of hydrogen-bond acceptors (Lipinski definition) is 5. The number of halogens is 3. The second-order valence-corrected chi connectivity index (χ2v) is 8.09. The van der Waals surface area contributed by atoms with Crippen LogP contribution in [0.25, 0.3) is 0 Å². The van der Waals surface area contributed by atoms with Gasteiger partial charge >= 0.3 is 6.18 Å². The number of alkyl halides is 3. The topological polar surface area (TPSA) is 62.1 Å². The Morgan fingerprint density at radius 2 is 1.97 bits per heavy atom. The van der Waals surface area contributed by atoms with E-state index in [9.17, 15) is 23.2 Å². The van der Waals surface area contributed by atoms with E-state index in [4.69, 9.17) is 0 Å². The number of hydrogen-bond donors (Lipinski definition) is 1. The van der Waals surface area contributed by atoms with Gasteiger partial charge in [-0.05, 0) is 41.8 Å². The first-order chi connectivity index (χ1) is 14.4. The molecule has 0 aliphatic heterocycles. The van der Waals surface area contributed by atoms with Crippen LogP contribution in [-0.4, -0.2) is 18.7 Å². The predicted molar refractivity (Wildman–Crippen MR) is 111 cm³/mol. The van der Waals surface area contributed by atoms with Crippen molar-refractivity contribution in [2.24, 2.45) is 0 Å². The van der Waals surface area contributed by atoms with E-state index in [1.165, 1.54) is 34.8 Å². The van der Waals surface area contributed by atoms with Crippen molar-refractivity contribution in [3.8, 4) is 11.8 Å². The molecule has 2 aromatic carbocycles. The smallest absolute Gasteiger partial charge is 0.422 e. The first kappa shape index (κ1) is 21.7. The minimum atomic E-state index is -4.51. The van der Waals surface area contributed by atoms with Crippen LogP contribution in [0, 0.1) is 11.3 Å². The van der Waals surface area contributed by atoms with Crippen LogP contribution in [0.4, 0.5) is 18.9 Å². The fourth-order valence-corrected chi connectivity index (χ4v) is 4.33. The predicted octanol–water partition coefficient (Wildman–Crippen LogP) is 6.11. The first-order valence-corrected chi connectivity index (χ1v) is 10.5. The third kappa shape index (κ3) is 6.02. The average Bonchev–Trinajstić information content (AvgIpc) is 3.24. The van der Waals surface area contributed by atoms with Gasteiger partial charge in [0.15, 0.2) is 6.61 Å². The number of ether oxygens (including phenoxy) is 1. The van der Waals surface area contributed by atoms with Gasteiger partial charge in [-0.3, -0.25) is 4.79 Å². The number of carbonyl (C=O) groups excluding carboxylic acids is 1. The number of amides is 1. The van der Waals surface area contributed by atoms with Crippen molar-refractivity contribution in [2.75, 3.05) is 11.9 Å². The Labute approximate surface area is 179 Å². The number of anilines is 1. The summed E-state index contributed by atoms with van der Waals surface area (Å²) in [7, 11) is 0. The number of thiophene rings is 1. The highest BCUT2D eigenvalue weighted by Crippen LogP contribution is 2.29. The molecule has 0 unspecified atom stereocenters. The SMILES string of the molecule is N#Cc1cc(NC(=O)c2ccccc2SCc2cccs2)ccc1OCC(F)(F)F. The molecule has 0 atom stereocenters. The Morgan fingerprint density at radius 1 is 1.17 bits per heavy atom. The van der Waals surface area contributed by atoms with Gasteiger partial charge in [-0.25, -0.2) is 0 Å². The van der Waals surface area contributed by atoms with Crippen molar-refractivity contribution in [1.82, 2.24) is 0 Å². The Kier molecular flexibility index (Phi) is 7.03. The summed E-state index contributed by atoms with van der Waals surface area (Å²) >= 11 is 3.17. The molecule has 1 amide bonds. The number of thioether (sulfide) groups is 1. The summed E-state index contributed by atoms with van der Waals surface area (Å²) < 4.78 is 41.7. The maximum atomic E-state index is 12.8. The lowest BCUT2D eigenvalue weighted by Gasteiger charge is -2.13. The molecule has 0 saturated heterocycles. The lowest BCUT2D eigenvalue weighted by Crippen LogP contribution is -2.19. The Balaban J connectivity index is 1.72. The zero-order valence-electron chi connectivity index (χ0n) is 15.4. The summed E-state index contributed by atoms with van der Waals surface area (Å²) in [6, 6.07) is 16.8. The standard InChI is InChI=1S/C21H15F3N2O2S2/c22-21(23,24)13-28-18-8-7-15(10-14(18)11-25)26-20(27)17-5-1-2-6-19(17)30-12-16-4-3-9-29-16/h1-10H,12-13H2,(H,26,27). The van der Waals surface area contributed by atoms with E-state index in [0.29, 0.717) is 5.56 Å². The van der Waals surface area contributed by atoms with Crippen molar-refractivity contribution < 1.29 is 22.7 Å². The Bertz CT molecular complexity index is 1060. The number of carbonyl (C=O) groups is 1. The maximum absolute atomic E-state index is 12.8. The number of nitrogens with one attached hydrogen (secondary N) is 1. The van der Waals surface area contributed by atoms with Gasteiger partial charge in [-0.1, -0.05) is 18.2 Å². The van der Waals surface area contributed by atoms with E-state index in [1.54, 1.807) is 29.5 Å². The van der Waals surface area contributed by atoms with Crippen molar-refractivity contribution >= 4 is 34.7 Å². The van der Waals surface area contributed by atoms with Crippen LogP contribution in [-0.2, 0) is 5.75 Å². The van der Waals surface area contributed by atoms with Gasteiger partial charge in [0.1, 0.15) is 11.8 Å². The van der Waals surface area contributed by atoms with E-state index in [2.05, 4.69) is 10.1 Å². The van der Waals surface area contributed by atoms with E-state index in [1.807, 2.05) is 29.6 Å². The molecule has 9 heteroatoms. The van der Waals surface area contributed by atoms with Crippen LogP contribution in [0.5, 0.6) is 5.75 Å². The third-order valence-corrected chi connectivity index (χ3v) is 6.01. The number of benzene rings is 2. The molecule has 4 nitrogen and oxygen atoms in total. The Hall–Kier alpha value is -2.96. The molecule has 0 saturated carbocycles. The summed E-state index contributed by atoms with van der Waals surface area (Å²) in [4.78, 5) is 14.7. The molecule has 3 aromatic rings. The molecule has 1 N–H and O–H groups in total. The normalized spacial score (nSPS) is 11.0. The van der Waals surface area contributed by atoms with Crippen LogP contribution in [0.3, 0.4) is 0 Å². The van der Waals surface area contributed by atoms with Crippen LogP contribution < -0.4 is 10.1 Å². The van der Waals surface area contributed by atoms with Crippen LogP contribution in [0.2, 0.25) is 0 Å². The van der Waals surface area contributed by atoms with E-state index in [-0.39, 0.29) is 22.9 Å². The minimum absolute atomic E-state index is 0.0996. The molecule has 0 spiro atoms. The molecular formula is C21H15F3N2O2S2. The highest BCUT2D eigenvalue weighted by molar-refractivity contribution is 7.98. The summed E-state index contributed by atoms with van der Waals surface area (Å²) in [5.74, 6) is 0.156. The van der Waals surface area contributed by atoms with Gasteiger partial charge in [0.25, 0.3) is 5.91 Å². The molecule has 0 fully saturated rings. The summed E-state index contributed by atoms with van der Waals surface area (Å²) in [5, 5.41) is 13.9. The first-order valence-electron chi connectivity index (χ1n) is 8.65. The van der Waals surface area contributed by atoms with Crippen molar-refractivity contribution in [2.45, 2.75) is 16.8 Å². The van der Waals surface area contributed by atoms with Gasteiger partial charge in [0.2, 0.25) is 0 Å². The zero-order valence-corrected chi connectivity index (χ0v) is 17.0. The van der Waals surface area contributed by atoms with Crippen LogP contribution >= 0.6 is 23.1 Å². The average molecular weight is 448 g/mol. The lowest BCUT2D eigenvalue weighted by atomic mass is 10.1. The summed E-state index contributed by atoms with van der Waals surface area (Å²) in [6.07, 6.45) is -4.51. The van der Waals surface area contributed by atoms with Crippen LogP contribution in [0.15, 0.2) is 64.9 Å². The van der Waals surface area contributed by atoms with Gasteiger partial charge in [-0.15, -0.1) is 23.1 Å². The quantitative estimate of drug-likeness (QED) is 0.443. The van der Waals surface area contributed by atoms with Gasteiger partial charge in [0.05, 0.1) is 11.1 Å². The number of rotatable bonds is 7. The van der Waals surface area contributed by atoms with Crippen molar-refractivity contribution in [1.29, 1.82) is 5.26 Å². The van der Waals surface area contributed by atoms with E-state index >= 15 is 0 Å². The maximum Gasteiger partial charge on any atom is 0.422 e. The second kappa shape index (κ2) is 9.69. The molecule has 30 heavy (non-hydrogen) atoms. The van der Waals surface area contributed by atoms with Crippen molar-refractivity contribution in [3.63, 3.8) is 0 Å². The number of nitrogens with zero attached hydrogens (tertiary/aromatic N) is 1. The molecule has 0 aliphatic carbocycles. The highest BCUT2D eigenvalue weighted by atomic mass is 32.2. The lowest BCUT2D eigenvalue weighted by molar-refractivity contribution is -0.153. The molecular weight excluding hydrogens is 433 g/mol. The zero-order chi connectivity index (χ0) is 21.6. The molecule has 1 aromatic heterocycles. The van der Waals surface area contributed by atoms with Gasteiger partial charge in [0, 0.05) is 21.2 Å². The monoisotopic (exact) mass is 448 g/mol. The summed E-state index contributed by atoms with van der Waals surface area (Å²) in [6.45, 7) is -1.50. The van der Waals surface area contributed by atoms with E-state index < -0.39 is 12.8 Å². The largest absolute Gasteiger partial charge is 0.483 e. The Morgan fingerprint density at radius 3 is 2.67 bits per heavy atom. The fraction of sp³-hybridized carbons (Fsp3) is 0.143. The molecule has 0 aliphatic rings. The number of nitriles is 1. The molecule has 0 radical (unpaired) electrons. The van der Waals surface area contributed by atoms with Crippen LogP contribution in [0.1, 0.15) is 20.8 Å². The molecule has 1 heterocycles. The van der Waals surface area contributed by atoms with Gasteiger partial charge < -0.3 is 10.1 Å². The van der Waals surface area contributed by atoms with E-state index in [0.717, 1.165) is 10.6 Å².